The molecule has 1 saturated heterocycles. The normalized spacial score (nSPS) is 15.8. The van der Waals surface area contributed by atoms with Crippen molar-refractivity contribution in [1.82, 2.24) is 14.8 Å². The fraction of sp³-hybridized carbons (Fsp3) is 0.400. The van der Waals surface area contributed by atoms with Gasteiger partial charge < -0.3 is 4.90 Å². The number of carbonyl (C=O) groups excluding carboxylic acids is 1. The van der Waals surface area contributed by atoms with Gasteiger partial charge in [0.15, 0.2) is 0 Å². The summed E-state index contributed by atoms with van der Waals surface area (Å²) in [6.07, 6.45) is 5.78. The van der Waals surface area contributed by atoms with Crippen LogP contribution in [-0.2, 0) is 11.2 Å². The molecule has 0 aliphatic carbocycles. The minimum absolute atomic E-state index is 0.271. The van der Waals surface area contributed by atoms with Crippen molar-refractivity contribution in [3.05, 3.63) is 58.1 Å². The van der Waals surface area contributed by atoms with Crippen molar-refractivity contribution in [2.75, 3.05) is 32.7 Å². The van der Waals surface area contributed by atoms with E-state index in [9.17, 15) is 4.79 Å². The number of aromatic nitrogens is 1. The molecule has 1 amide bonds. The number of piperazine rings is 1. The van der Waals surface area contributed by atoms with E-state index in [1.165, 1.54) is 10.4 Å². The van der Waals surface area contributed by atoms with Gasteiger partial charge in [0.25, 0.3) is 0 Å². The van der Waals surface area contributed by atoms with Crippen molar-refractivity contribution in [1.29, 1.82) is 0 Å². The summed E-state index contributed by atoms with van der Waals surface area (Å²) in [6, 6.07) is 10.4. The highest BCUT2D eigenvalue weighted by atomic mass is 32.1. The molecular weight excluding hydrogens is 330 g/mol. The van der Waals surface area contributed by atoms with Crippen LogP contribution in [0.4, 0.5) is 0 Å². The van der Waals surface area contributed by atoms with Gasteiger partial charge in [-0.2, -0.15) is 0 Å². The number of hydrogen-bond acceptors (Lipinski definition) is 4. The van der Waals surface area contributed by atoms with Gasteiger partial charge in [0.05, 0.1) is 11.2 Å². The predicted molar refractivity (Wildman–Crippen MR) is 104 cm³/mol. The maximum atomic E-state index is 12.4. The van der Waals surface area contributed by atoms with Gasteiger partial charge >= 0.3 is 0 Å². The maximum Gasteiger partial charge on any atom is 0.223 e. The lowest BCUT2D eigenvalue weighted by molar-refractivity contribution is -0.132. The predicted octanol–water partition coefficient (Wildman–Crippen LogP) is 3.24. The molecule has 0 bridgehead atoms. The number of nitrogens with zero attached hydrogens (tertiary/aromatic N) is 3. The Labute approximate surface area is 153 Å². The van der Waals surface area contributed by atoms with E-state index in [0.717, 1.165) is 44.8 Å². The number of hydrogen-bond donors (Lipinski definition) is 0. The van der Waals surface area contributed by atoms with Crippen molar-refractivity contribution in [3.8, 4) is 0 Å². The molecule has 25 heavy (non-hydrogen) atoms. The molecule has 1 fully saturated rings. The number of thiazole rings is 1. The zero-order chi connectivity index (χ0) is 17.5. The standard InChI is InChI=1S/C20H25N3OS/c1-17-19(25-16-21-17)9-10-20(24)23-14-12-22(13-15-23)11-5-8-18-6-3-2-4-7-18/h2-8,16H,9-15H2,1H3. The highest BCUT2D eigenvalue weighted by Gasteiger charge is 2.20. The van der Waals surface area contributed by atoms with Crippen molar-refractivity contribution in [2.45, 2.75) is 19.8 Å². The molecule has 5 heteroatoms. The van der Waals surface area contributed by atoms with Crippen molar-refractivity contribution in [3.63, 3.8) is 0 Å². The second-order valence-corrected chi connectivity index (χ2v) is 7.29. The first-order valence-electron chi connectivity index (χ1n) is 8.83. The molecule has 3 rings (SSSR count). The van der Waals surface area contributed by atoms with Gasteiger partial charge in [0, 0.05) is 44.0 Å². The number of aryl methyl sites for hydroxylation is 2. The fourth-order valence-electron chi connectivity index (χ4n) is 3.03. The van der Waals surface area contributed by atoms with E-state index in [2.05, 4.69) is 46.3 Å². The molecule has 1 aliphatic rings. The minimum Gasteiger partial charge on any atom is -0.340 e. The van der Waals surface area contributed by atoms with E-state index in [1.807, 2.05) is 23.4 Å². The third-order valence-corrected chi connectivity index (χ3v) is 5.60. The zero-order valence-electron chi connectivity index (χ0n) is 14.7. The van der Waals surface area contributed by atoms with E-state index >= 15 is 0 Å². The molecule has 132 valence electrons. The average molecular weight is 356 g/mol. The number of amides is 1. The van der Waals surface area contributed by atoms with Crippen LogP contribution in [0.3, 0.4) is 0 Å². The van der Waals surface area contributed by atoms with E-state index in [4.69, 9.17) is 0 Å². The van der Waals surface area contributed by atoms with Gasteiger partial charge in [-0.3, -0.25) is 9.69 Å². The topological polar surface area (TPSA) is 36.4 Å². The van der Waals surface area contributed by atoms with E-state index in [0.29, 0.717) is 6.42 Å². The second kappa shape index (κ2) is 8.92. The average Bonchev–Trinajstić information content (AvgIpc) is 3.06. The summed E-state index contributed by atoms with van der Waals surface area (Å²) in [7, 11) is 0. The summed E-state index contributed by atoms with van der Waals surface area (Å²) >= 11 is 1.65. The van der Waals surface area contributed by atoms with Crippen LogP contribution in [0, 0.1) is 6.92 Å². The Morgan fingerprint density at radius 2 is 1.96 bits per heavy atom. The summed E-state index contributed by atoms with van der Waals surface area (Å²) in [5, 5.41) is 0. The van der Waals surface area contributed by atoms with Crippen LogP contribution < -0.4 is 0 Å². The van der Waals surface area contributed by atoms with Crippen LogP contribution >= 0.6 is 11.3 Å². The summed E-state index contributed by atoms with van der Waals surface area (Å²) in [5.74, 6) is 0.271. The monoisotopic (exact) mass is 355 g/mol. The summed E-state index contributed by atoms with van der Waals surface area (Å²) in [6.45, 7) is 6.52. The van der Waals surface area contributed by atoms with Gasteiger partial charge in [0.2, 0.25) is 5.91 Å². The molecule has 0 unspecified atom stereocenters. The highest BCUT2D eigenvalue weighted by molar-refractivity contribution is 7.09. The largest absolute Gasteiger partial charge is 0.340 e. The lowest BCUT2D eigenvalue weighted by Gasteiger charge is -2.34. The van der Waals surface area contributed by atoms with Crippen molar-refractivity contribution < 1.29 is 4.79 Å². The molecule has 1 aromatic heterocycles. The SMILES string of the molecule is Cc1ncsc1CCC(=O)N1CCN(CC=Cc2ccccc2)CC1. The minimum atomic E-state index is 0.271. The molecule has 0 atom stereocenters. The van der Waals surface area contributed by atoms with Crippen molar-refractivity contribution >= 4 is 23.3 Å². The summed E-state index contributed by atoms with van der Waals surface area (Å²) < 4.78 is 0. The zero-order valence-corrected chi connectivity index (χ0v) is 15.5. The molecular formula is C20H25N3OS. The van der Waals surface area contributed by atoms with E-state index in [1.54, 1.807) is 11.3 Å². The van der Waals surface area contributed by atoms with Gasteiger partial charge in [0.1, 0.15) is 0 Å². The number of rotatable bonds is 6. The molecule has 1 aromatic carbocycles. The maximum absolute atomic E-state index is 12.4. The van der Waals surface area contributed by atoms with Crippen LogP contribution in [0.5, 0.6) is 0 Å². The van der Waals surface area contributed by atoms with Crippen LogP contribution in [0.1, 0.15) is 22.6 Å². The van der Waals surface area contributed by atoms with Crippen molar-refractivity contribution in [2.24, 2.45) is 0 Å². The third kappa shape index (κ3) is 5.25. The lowest BCUT2D eigenvalue weighted by atomic mass is 10.2. The van der Waals surface area contributed by atoms with Gasteiger partial charge in [-0.1, -0.05) is 42.5 Å². The van der Waals surface area contributed by atoms with Gasteiger partial charge in [-0.05, 0) is 18.9 Å². The van der Waals surface area contributed by atoms with Crippen LogP contribution in [0.2, 0.25) is 0 Å². The molecule has 0 saturated carbocycles. The summed E-state index contributed by atoms with van der Waals surface area (Å²) in [5.41, 5.74) is 4.15. The van der Waals surface area contributed by atoms with E-state index < -0.39 is 0 Å². The number of carbonyl (C=O) groups is 1. The lowest BCUT2D eigenvalue weighted by Crippen LogP contribution is -2.48. The number of benzene rings is 1. The summed E-state index contributed by atoms with van der Waals surface area (Å²) in [4.78, 5) is 22.3. The third-order valence-electron chi connectivity index (χ3n) is 4.61. The van der Waals surface area contributed by atoms with Gasteiger partial charge in [-0.15, -0.1) is 11.3 Å². The Kier molecular flexibility index (Phi) is 6.36. The Balaban J connectivity index is 1.38. The van der Waals surface area contributed by atoms with Crippen LogP contribution in [-0.4, -0.2) is 53.4 Å². The smallest absolute Gasteiger partial charge is 0.223 e. The first kappa shape index (κ1) is 17.8. The molecule has 4 nitrogen and oxygen atoms in total. The van der Waals surface area contributed by atoms with Gasteiger partial charge in [-0.25, -0.2) is 4.98 Å². The van der Waals surface area contributed by atoms with Crippen LogP contribution in [0.15, 0.2) is 41.9 Å². The first-order chi connectivity index (χ1) is 12.2. The van der Waals surface area contributed by atoms with E-state index in [-0.39, 0.29) is 5.91 Å². The molecule has 1 aliphatic heterocycles. The molecule has 0 radical (unpaired) electrons. The Morgan fingerprint density at radius 1 is 1.20 bits per heavy atom. The molecule has 0 N–H and O–H groups in total. The molecule has 2 heterocycles. The first-order valence-corrected chi connectivity index (χ1v) is 9.71. The molecule has 0 spiro atoms. The quantitative estimate of drug-likeness (QED) is 0.798. The fourth-order valence-corrected chi connectivity index (χ4v) is 3.81. The van der Waals surface area contributed by atoms with Crippen LogP contribution in [0.25, 0.3) is 6.08 Å². The Bertz CT molecular complexity index is 703. The Morgan fingerprint density at radius 3 is 2.64 bits per heavy atom. The highest BCUT2D eigenvalue weighted by Crippen LogP contribution is 2.15. The second-order valence-electron chi connectivity index (χ2n) is 6.36. The Hall–Kier alpha value is -1.98. The molecule has 2 aromatic rings.